The first-order valence-corrected chi connectivity index (χ1v) is 13.2. The molecule has 0 radical (unpaired) electrons. The van der Waals surface area contributed by atoms with E-state index in [-0.39, 0.29) is 5.41 Å². The van der Waals surface area contributed by atoms with Crippen molar-refractivity contribution in [2.24, 2.45) is 5.41 Å². The Morgan fingerprint density at radius 3 is 2.09 bits per heavy atom. The molecule has 0 atom stereocenters. The van der Waals surface area contributed by atoms with Crippen molar-refractivity contribution in [2.75, 3.05) is 7.11 Å². The fourth-order valence-electron chi connectivity index (χ4n) is 6.70. The Morgan fingerprint density at radius 1 is 0.824 bits per heavy atom. The molecule has 2 aromatic carbocycles. The highest BCUT2D eigenvalue weighted by molar-refractivity contribution is 5.79. The highest BCUT2D eigenvalue weighted by atomic mass is 16.5. The number of hydrogen-bond acceptors (Lipinski definition) is 3. The largest absolute Gasteiger partial charge is 0.496 e. The van der Waals surface area contributed by atoms with Crippen molar-refractivity contribution in [1.29, 1.82) is 10.5 Å². The van der Waals surface area contributed by atoms with Crippen LogP contribution in [0.15, 0.2) is 30.3 Å². The Labute approximate surface area is 205 Å². The lowest BCUT2D eigenvalue weighted by Gasteiger charge is -2.54. The number of ether oxygens (including phenoxy) is 1. The molecule has 2 aromatic rings. The summed E-state index contributed by atoms with van der Waals surface area (Å²) < 4.78 is 5.71. The summed E-state index contributed by atoms with van der Waals surface area (Å²) in [6.07, 6.45) is 14.6. The van der Waals surface area contributed by atoms with Crippen molar-refractivity contribution in [1.82, 2.24) is 0 Å². The Kier molecular flexibility index (Phi) is 7.33. The molecule has 0 saturated heterocycles. The van der Waals surface area contributed by atoms with E-state index in [4.69, 9.17) is 4.74 Å². The lowest BCUT2D eigenvalue weighted by Crippen LogP contribution is -2.44. The van der Waals surface area contributed by atoms with Crippen molar-refractivity contribution < 1.29 is 4.74 Å². The molecule has 0 amide bonds. The quantitative estimate of drug-likeness (QED) is 0.358. The Balaban J connectivity index is 1.70. The van der Waals surface area contributed by atoms with Gasteiger partial charge in [-0.05, 0) is 79.4 Å². The van der Waals surface area contributed by atoms with Crippen LogP contribution in [0.1, 0.15) is 107 Å². The average molecular weight is 455 g/mol. The number of hydrogen-bond donors (Lipinski definition) is 0. The third-order valence-corrected chi connectivity index (χ3v) is 8.81. The predicted molar refractivity (Wildman–Crippen MR) is 138 cm³/mol. The van der Waals surface area contributed by atoms with Crippen LogP contribution in [0.5, 0.6) is 5.75 Å². The first kappa shape index (κ1) is 24.3. The second kappa shape index (κ2) is 10.2. The molecule has 5 rings (SSSR count). The van der Waals surface area contributed by atoms with E-state index in [2.05, 4.69) is 50.3 Å². The maximum absolute atomic E-state index is 10.3. The van der Waals surface area contributed by atoms with Crippen molar-refractivity contribution in [3.8, 4) is 29.0 Å². The summed E-state index contributed by atoms with van der Waals surface area (Å²) in [6.45, 7) is 4.44. The number of aryl methyl sites for hydroxylation is 1. The third-order valence-electron chi connectivity index (χ3n) is 8.81. The molecule has 0 spiro atoms. The van der Waals surface area contributed by atoms with Gasteiger partial charge in [0.25, 0.3) is 0 Å². The zero-order valence-electron chi connectivity index (χ0n) is 21.2. The third kappa shape index (κ3) is 4.34. The predicted octanol–water partition coefficient (Wildman–Crippen LogP) is 8.23. The van der Waals surface area contributed by atoms with Gasteiger partial charge in [-0.15, -0.1) is 0 Å². The lowest BCUT2D eigenvalue weighted by atomic mass is 9.50. The van der Waals surface area contributed by atoms with Gasteiger partial charge < -0.3 is 4.74 Å². The summed E-state index contributed by atoms with van der Waals surface area (Å²) in [6, 6.07) is 15.3. The molecule has 3 aliphatic rings. The summed E-state index contributed by atoms with van der Waals surface area (Å²) in [5.74, 6) is 0.768. The second-order valence-electron chi connectivity index (χ2n) is 10.7. The van der Waals surface area contributed by atoms with Crippen molar-refractivity contribution >= 4 is 0 Å². The second-order valence-corrected chi connectivity index (χ2v) is 10.7. The summed E-state index contributed by atoms with van der Waals surface area (Å²) in [5, 5.41) is 20.5. The van der Waals surface area contributed by atoms with Gasteiger partial charge in [0.1, 0.15) is 17.9 Å². The molecule has 0 aliphatic heterocycles. The number of fused-ring (bicyclic) bond motifs is 3. The van der Waals surface area contributed by atoms with Gasteiger partial charge in [0, 0.05) is 11.1 Å². The van der Waals surface area contributed by atoms with E-state index >= 15 is 0 Å². The molecule has 2 bridgehead atoms. The van der Waals surface area contributed by atoms with Crippen molar-refractivity contribution in [3.05, 3.63) is 52.6 Å². The first-order chi connectivity index (χ1) is 16.5. The van der Waals surface area contributed by atoms with Gasteiger partial charge in [0.05, 0.1) is 18.2 Å². The zero-order valence-corrected chi connectivity index (χ0v) is 21.2. The molecule has 0 heterocycles. The molecule has 3 nitrogen and oxygen atoms in total. The summed E-state index contributed by atoms with van der Waals surface area (Å²) in [7, 11) is 1.68. The zero-order chi connectivity index (χ0) is 24.2. The Hall–Kier alpha value is -2.78. The van der Waals surface area contributed by atoms with Gasteiger partial charge in [0.15, 0.2) is 0 Å². The fraction of sp³-hybridized carbons (Fsp3) is 0.548. The number of nitrogens with zero attached hydrogens (tertiary/aromatic N) is 2. The van der Waals surface area contributed by atoms with Gasteiger partial charge in [-0.2, -0.15) is 10.5 Å². The average Bonchev–Trinajstić information content (AvgIpc) is 2.89. The maximum Gasteiger partial charge on any atom is 0.127 e. The summed E-state index contributed by atoms with van der Waals surface area (Å²) in [5.41, 5.74) is 5.69. The Morgan fingerprint density at radius 2 is 1.50 bits per heavy atom. The normalized spacial score (nSPS) is 23.3. The molecule has 178 valence electrons. The highest BCUT2D eigenvalue weighted by Crippen LogP contribution is 2.60. The molecule has 3 saturated carbocycles. The van der Waals surface area contributed by atoms with Gasteiger partial charge in [-0.1, -0.05) is 63.8 Å². The van der Waals surface area contributed by atoms with Gasteiger partial charge >= 0.3 is 0 Å². The van der Waals surface area contributed by atoms with Crippen LogP contribution in [0.25, 0.3) is 11.1 Å². The van der Waals surface area contributed by atoms with Crippen LogP contribution in [-0.4, -0.2) is 7.11 Å². The van der Waals surface area contributed by atoms with E-state index in [1.807, 2.05) is 6.07 Å². The minimum absolute atomic E-state index is 0.0524. The summed E-state index contributed by atoms with van der Waals surface area (Å²) in [4.78, 5) is 0. The fourth-order valence-corrected chi connectivity index (χ4v) is 6.70. The Bertz CT molecular complexity index is 1090. The van der Waals surface area contributed by atoms with E-state index in [1.54, 1.807) is 7.11 Å². The van der Waals surface area contributed by atoms with E-state index in [0.29, 0.717) is 16.5 Å². The minimum atomic E-state index is 0.0524. The van der Waals surface area contributed by atoms with Crippen molar-refractivity contribution in [2.45, 2.75) is 96.3 Å². The van der Waals surface area contributed by atoms with Crippen LogP contribution in [0.4, 0.5) is 0 Å². The van der Waals surface area contributed by atoms with Crippen LogP contribution < -0.4 is 4.74 Å². The van der Waals surface area contributed by atoms with Crippen LogP contribution in [0.2, 0.25) is 0 Å². The molecular weight excluding hydrogens is 416 g/mol. The molecule has 3 fully saturated rings. The number of unbranched alkanes of at least 4 members (excludes halogenated alkanes) is 2. The van der Waals surface area contributed by atoms with Crippen LogP contribution in [-0.2, 0) is 11.8 Å². The number of nitriles is 2. The van der Waals surface area contributed by atoms with Gasteiger partial charge in [-0.3, -0.25) is 0 Å². The number of rotatable bonds is 9. The molecular formula is C31H38N2O. The number of methoxy groups -OCH3 is 1. The topological polar surface area (TPSA) is 56.8 Å². The first-order valence-electron chi connectivity index (χ1n) is 13.2. The number of benzene rings is 2. The molecule has 34 heavy (non-hydrogen) atoms. The van der Waals surface area contributed by atoms with Crippen LogP contribution in [0, 0.1) is 28.1 Å². The van der Waals surface area contributed by atoms with E-state index < -0.39 is 0 Å². The lowest BCUT2D eigenvalue weighted by molar-refractivity contribution is 0.0304. The molecule has 0 unspecified atom stereocenters. The van der Waals surface area contributed by atoms with Gasteiger partial charge in [0.2, 0.25) is 0 Å². The van der Waals surface area contributed by atoms with Crippen LogP contribution in [0.3, 0.4) is 0 Å². The highest BCUT2D eigenvalue weighted by Gasteiger charge is 2.49. The standard InChI is InChI=1S/C31H38N2O/c1-4-6-7-13-30-14-17-31(18-15-30,19-16-30)28-12-11-24(26(21-32)27(28)22-33)25-10-9-23(8-5-2)20-29(25)34-3/h9-12,20H,4-8,13-19H2,1-3H3. The van der Waals surface area contributed by atoms with Crippen LogP contribution >= 0.6 is 0 Å². The maximum atomic E-state index is 10.3. The van der Waals surface area contributed by atoms with E-state index in [1.165, 1.54) is 50.5 Å². The van der Waals surface area contributed by atoms with E-state index in [9.17, 15) is 10.5 Å². The smallest absolute Gasteiger partial charge is 0.127 e. The van der Waals surface area contributed by atoms with E-state index in [0.717, 1.165) is 54.5 Å². The molecule has 0 aromatic heterocycles. The minimum Gasteiger partial charge on any atom is -0.496 e. The summed E-state index contributed by atoms with van der Waals surface area (Å²) >= 11 is 0. The molecule has 3 heteroatoms. The van der Waals surface area contributed by atoms with Crippen molar-refractivity contribution in [3.63, 3.8) is 0 Å². The SMILES string of the molecule is CCCCCC12CCC(c3ccc(-c4ccc(CCC)cc4OC)c(C#N)c3C#N)(CC1)CC2. The molecule has 3 aliphatic carbocycles. The van der Waals surface area contributed by atoms with Gasteiger partial charge in [-0.25, -0.2) is 0 Å². The monoisotopic (exact) mass is 454 g/mol. The molecule has 0 N–H and O–H groups in total.